The van der Waals surface area contributed by atoms with Crippen molar-refractivity contribution < 1.29 is 43.9 Å². The van der Waals surface area contributed by atoms with Crippen molar-refractivity contribution in [2.24, 2.45) is 0 Å². The first-order valence-corrected chi connectivity index (χ1v) is 16.2. The predicted octanol–water partition coefficient (Wildman–Crippen LogP) is 1.29. The van der Waals surface area contributed by atoms with Crippen LogP contribution in [-0.4, -0.2) is 70.5 Å². The van der Waals surface area contributed by atoms with E-state index in [4.69, 9.17) is 10.3 Å². The molecule has 3 aromatic carbocycles. The normalized spacial score (nSPS) is 13.6. The lowest BCUT2D eigenvalue weighted by Gasteiger charge is -2.23. The fourth-order valence-corrected chi connectivity index (χ4v) is 6.47. The van der Waals surface area contributed by atoms with Gasteiger partial charge < -0.3 is 16.4 Å². The van der Waals surface area contributed by atoms with Crippen LogP contribution in [0.5, 0.6) is 0 Å². The number of carbonyl (C=O) groups excluding carboxylic acids is 2. The lowest BCUT2D eigenvalue weighted by atomic mass is 9.82. The molecule has 0 amide bonds. The molecule has 0 radical (unpaired) electrons. The van der Waals surface area contributed by atoms with Crippen LogP contribution in [0.25, 0.3) is 0 Å². The second-order valence-corrected chi connectivity index (χ2v) is 13.8. The van der Waals surface area contributed by atoms with Gasteiger partial charge in [-0.25, -0.2) is 8.42 Å². The first kappa shape index (κ1) is 29.3. The van der Waals surface area contributed by atoms with E-state index in [1.165, 1.54) is 42.5 Å². The molecule has 0 atom stereocenters. The Morgan fingerprint density at radius 3 is 1.95 bits per heavy atom. The molecule has 0 heterocycles. The zero-order chi connectivity index (χ0) is 29.5. The summed E-state index contributed by atoms with van der Waals surface area (Å²) in [5.41, 5.74) is 4.66. The summed E-state index contributed by atoms with van der Waals surface area (Å²) in [4.78, 5) is 25.7. The molecule has 0 bridgehead atoms. The minimum atomic E-state index is -4.94. The maximum Gasteiger partial charge on any atom is 0.296 e. The van der Waals surface area contributed by atoms with Crippen molar-refractivity contribution in [3.63, 3.8) is 0 Å². The molecule has 1 aliphatic rings. The van der Waals surface area contributed by atoms with E-state index in [1.807, 2.05) is 0 Å². The van der Waals surface area contributed by atoms with Gasteiger partial charge in [0.1, 0.15) is 4.90 Å². The number of nitrogens with two attached hydrogens (primary N) is 1. The number of carbonyl (C=O) groups is 2. The molecule has 0 aliphatic heterocycles. The van der Waals surface area contributed by atoms with Crippen LogP contribution in [0.2, 0.25) is 0 Å². The smallest absolute Gasteiger partial charge is 0.296 e. The quantitative estimate of drug-likeness (QED) is 0.0971. The number of sulfone groups is 1. The van der Waals surface area contributed by atoms with Crippen LogP contribution in [0.4, 0.5) is 17.1 Å². The molecule has 0 saturated heterocycles. The van der Waals surface area contributed by atoms with E-state index in [2.05, 4.69) is 10.6 Å². The topological polar surface area (TPSA) is 227 Å². The first-order chi connectivity index (χ1) is 18.6. The average Bonchev–Trinajstić information content (AvgIpc) is 2.86. The Morgan fingerprint density at radius 2 is 1.35 bits per heavy atom. The van der Waals surface area contributed by atoms with Crippen LogP contribution < -0.4 is 16.4 Å². The van der Waals surface area contributed by atoms with Gasteiger partial charge in [-0.3, -0.25) is 18.7 Å². The molecule has 0 unspecified atom stereocenters. The van der Waals surface area contributed by atoms with E-state index >= 15 is 0 Å². The Hall–Kier alpha value is -3.67. The number of hydrogen-bond acceptors (Lipinski definition) is 11. The Bertz CT molecular complexity index is 1870. The van der Waals surface area contributed by atoms with E-state index in [9.17, 15) is 39.4 Å². The van der Waals surface area contributed by atoms with Crippen molar-refractivity contribution in [3.8, 4) is 0 Å². The molecule has 212 valence electrons. The lowest BCUT2D eigenvalue weighted by molar-refractivity contribution is 0.0980. The van der Waals surface area contributed by atoms with Gasteiger partial charge in [-0.05, 0) is 24.3 Å². The highest BCUT2D eigenvalue weighted by Crippen LogP contribution is 2.40. The van der Waals surface area contributed by atoms with Gasteiger partial charge in [0, 0.05) is 29.9 Å². The Kier molecular flexibility index (Phi) is 7.85. The van der Waals surface area contributed by atoms with Crippen molar-refractivity contribution in [2.45, 2.75) is 9.79 Å². The number of anilines is 3. The number of ketones is 2. The highest BCUT2D eigenvalue weighted by molar-refractivity contribution is 7.91. The fraction of sp³-hybridized carbons (Fsp3) is 0.167. The second kappa shape index (κ2) is 10.7. The standard InChI is InChI=1S/C24H23N3O10S3/c25-22-19(40(35,36)37)13-18(20-21(22)24(29)17-7-2-1-6-16(17)23(20)28)27-14-4-3-5-15(12-14)38(30,31)10-8-26-9-11-39(32,33)34/h1-7,12-13,26-27H,8-11,25H2,(H,32,33,34)(H,35,36,37). The molecule has 0 spiro atoms. The summed E-state index contributed by atoms with van der Waals surface area (Å²) in [5, 5.41) is 5.38. The van der Waals surface area contributed by atoms with Crippen molar-refractivity contribution in [1.82, 2.24) is 5.32 Å². The van der Waals surface area contributed by atoms with Crippen molar-refractivity contribution >= 4 is 58.7 Å². The molecule has 0 saturated carbocycles. The van der Waals surface area contributed by atoms with Crippen molar-refractivity contribution in [2.75, 3.05) is 35.6 Å². The molecule has 6 N–H and O–H groups in total. The SMILES string of the molecule is Nc1c(S(=O)(=O)O)cc(Nc2cccc(S(=O)(=O)CCNCCS(=O)(=O)O)c2)c2c1C(=O)c1ccccc1C2=O. The van der Waals surface area contributed by atoms with Gasteiger partial charge in [-0.2, -0.15) is 16.8 Å². The Morgan fingerprint density at radius 1 is 0.750 bits per heavy atom. The van der Waals surface area contributed by atoms with Crippen LogP contribution in [0.15, 0.2) is 64.4 Å². The van der Waals surface area contributed by atoms with Crippen LogP contribution in [-0.2, 0) is 30.1 Å². The maximum atomic E-state index is 13.4. The van der Waals surface area contributed by atoms with E-state index in [-0.39, 0.29) is 46.1 Å². The summed E-state index contributed by atoms with van der Waals surface area (Å²) < 4.78 is 89.9. The molecular formula is C24H23N3O10S3. The molecule has 0 fully saturated rings. The monoisotopic (exact) mass is 609 g/mol. The number of benzene rings is 3. The second-order valence-electron chi connectivity index (χ2n) is 8.77. The summed E-state index contributed by atoms with van der Waals surface area (Å²) in [5.74, 6) is -2.37. The number of rotatable bonds is 10. The minimum Gasteiger partial charge on any atom is -0.397 e. The first-order valence-electron chi connectivity index (χ1n) is 11.5. The van der Waals surface area contributed by atoms with Crippen molar-refractivity contribution in [1.29, 1.82) is 0 Å². The molecule has 16 heteroatoms. The van der Waals surface area contributed by atoms with Gasteiger partial charge >= 0.3 is 0 Å². The summed E-state index contributed by atoms with van der Waals surface area (Å²) in [6.07, 6.45) is 0. The number of nitrogens with one attached hydrogen (secondary N) is 2. The van der Waals surface area contributed by atoms with Gasteiger partial charge in [0.15, 0.2) is 21.4 Å². The maximum absolute atomic E-state index is 13.4. The minimum absolute atomic E-state index is 0.00317. The lowest BCUT2D eigenvalue weighted by Crippen LogP contribution is -2.27. The van der Waals surface area contributed by atoms with Gasteiger partial charge in [0.05, 0.1) is 38.9 Å². The van der Waals surface area contributed by atoms with E-state index < -0.39 is 69.3 Å². The van der Waals surface area contributed by atoms with Crippen LogP contribution in [0.3, 0.4) is 0 Å². The highest BCUT2D eigenvalue weighted by Gasteiger charge is 2.36. The summed E-state index contributed by atoms with van der Waals surface area (Å²) >= 11 is 0. The fourth-order valence-electron chi connectivity index (χ4n) is 4.18. The summed E-state index contributed by atoms with van der Waals surface area (Å²) in [6.45, 7) is -0.279. The van der Waals surface area contributed by atoms with Crippen LogP contribution in [0, 0.1) is 0 Å². The summed E-state index contributed by atoms with van der Waals surface area (Å²) in [7, 11) is -13.0. The highest BCUT2D eigenvalue weighted by atomic mass is 32.2. The third-order valence-corrected chi connectivity index (χ3v) is 9.36. The van der Waals surface area contributed by atoms with E-state index in [1.54, 1.807) is 6.07 Å². The van der Waals surface area contributed by atoms with Crippen LogP contribution in [0.1, 0.15) is 31.8 Å². The third-order valence-electron chi connectivity index (χ3n) is 6.03. The molecule has 1 aliphatic carbocycles. The molecule has 0 aromatic heterocycles. The van der Waals surface area contributed by atoms with E-state index in [0.29, 0.717) is 0 Å². The zero-order valence-electron chi connectivity index (χ0n) is 20.5. The summed E-state index contributed by atoms with van der Waals surface area (Å²) in [6, 6.07) is 12.1. The Balaban J connectivity index is 1.71. The van der Waals surface area contributed by atoms with Gasteiger partial charge in [-0.1, -0.05) is 30.3 Å². The zero-order valence-corrected chi connectivity index (χ0v) is 22.9. The van der Waals surface area contributed by atoms with Gasteiger partial charge in [0.2, 0.25) is 0 Å². The molecule has 4 rings (SSSR count). The van der Waals surface area contributed by atoms with Crippen LogP contribution >= 0.6 is 0 Å². The number of fused-ring (bicyclic) bond motifs is 2. The predicted molar refractivity (Wildman–Crippen MR) is 145 cm³/mol. The average molecular weight is 610 g/mol. The van der Waals surface area contributed by atoms with E-state index in [0.717, 1.165) is 6.07 Å². The van der Waals surface area contributed by atoms with Gasteiger partial charge in [0.25, 0.3) is 20.2 Å². The largest absolute Gasteiger partial charge is 0.397 e. The molecular weight excluding hydrogens is 586 g/mol. The van der Waals surface area contributed by atoms with Gasteiger partial charge in [-0.15, -0.1) is 0 Å². The molecule has 3 aromatic rings. The third kappa shape index (κ3) is 6.06. The Labute approximate surface area is 229 Å². The molecule has 13 nitrogen and oxygen atoms in total. The number of hydrogen-bond donors (Lipinski definition) is 5. The molecule has 40 heavy (non-hydrogen) atoms. The van der Waals surface area contributed by atoms with Crippen molar-refractivity contribution in [3.05, 3.63) is 76.9 Å². The number of nitrogen functional groups attached to an aromatic ring is 1.